The Kier molecular flexibility index (Phi) is 13.5. The molecule has 0 aromatic heterocycles. The lowest BCUT2D eigenvalue weighted by Gasteiger charge is -2.16. The highest BCUT2D eigenvalue weighted by Crippen LogP contribution is 2.29. The number of methoxy groups -OCH3 is 3. The fourth-order valence-corrected chi connectivity index (χ4v) is 2.88. The summed E-state index contributed by atoms with van der Waals surface area (Å²) in [7, 11) is 4.82. The first-order valence-electron chi connectivity index (χ1n) is 10.3. The van der Waals surface area contributed by atoms with Crippen molar-refractivity contribution in [1.82, 2.24) is 5.32 Å². The van der Waals surface area contributed by atoms with Gasteiger partial charge in [-0.1, -0.05) is 6.07 Å². The Hall–Kier alpha value is -2.24. The summed E-state index contributed by atoms with van der Waals surface area (Å²) in [6.07, 6.45) is -0.0277. The largest absolute Gasteiger partial charge is 0.497 e. The van der Waals surface area contributed by atoms with Crippen LogP contribution in [0.15, 0.2) is 47.5 Å². The average molecular weight is 559 g/mol. The van der Waals surface area contributed by atoms with Crippen LogP contribution in [0, 0.1) is 0 Å². The van der Waals surface area contributed by atoms with Crippen molar-refractivity contribution in [1.29, 1.82) is 0 Å². The Morgan fingerprint density at radius 2 is 1.84 bits per heavy atom. The van der Waals surface area contributed by atoms with Crippen molar-refractivity contribution in [3.63, 3.8) is 0 Å². The fraction of sp³-hybridized carbons (Fsp3) is 0.435. The summed E-state index contributed by atoms with van der Waals surface area (Å²) in [4.78, 5) is 4.52. The van der Waals surface area contributed by atoms with Gasteiger partial charge >= 0.3 is 0 Å². The molecule has 32 heavy (non-hydrogen) atoms. The van der Waals surface area contributed by atoms with Crippen molar-refractivity contribution in [3.8, 4) is 17.2 Å². The van der Waals surface area contributed by atoms with Gasteiger partial charge in [-0.05, 0) is 37.3 Å². The van der Waals surface area contributed by atoms with Gasteiger partial charge in [0.1, 0.15) is 23.4 Å². The zero-order valence-corrected chi connectivity index (χ0v) is 21.4. The summed E-state index contributed by atoms with van der Waals surface area (Å²) >= 11 is 0. The number of hydrogen-bond acceptors (Lipinski definition) is 6. The van der Waals surface area contributed by atoms with E-state index in [1.165, 1.54) is 0 Å². The molecule has 0 heterocycles. The third kappa shape index (κ3) is 9.09. The topological polar surface area (TPSA) is 93.6 Å². The van der Waals surface area contributed by atoms with Crippen molar-refractivity contribution in [3.05, 3.63) is 48.0 Å². The van der Waals surface area contributed by atoms with Crippen molar-refractivity contribution in [2.45, 2.75) is 19.4 Å². The molecule has 2 rings (SSSR count). The number of nitrogens with one attached hydrogen (secondary N) is 2. The summed E-state index contributed by atoms with van der Waals surface area (Å²) < 4.78 is 21.4. The number of aliphatic imine (C=N–C) groups is 1. The summed E-state index contributed by atoms with van der Waals surface area (Å²) in [6, 6.07) is 13.0. The predicted octanol–water partition coefficient (Wildman–Crippen LogP) is 3.85. The zero-order chi connectivity index (χ0) is 22.5. The van der Waals surface area contributed by atoms with Gasteiger partial charge in [0.15, 0.2) is 5.96 Å². The summed E-state index contributed by atoms with van der Waals surface area (Å²) in [5, 5.41) is 17.1. The Labute approximate surface area is 207 Å². The smallest absolute Gasteiger partial charge is 0.195 e. The molecule has 0 saturated heterocycles. The molecular weight excluding hydrogens is 525 g/mol. The van der Waals surface area contributed by atoms with Gasteiger partial charge in [-0.2, -0.15) is 0 Å². The fourth-order valence-electron chi connectivity index (χ4n) is 2.88. The molecule has 0 saturated carbocycles. The number of halogens is 1. The van der Waals surface area contributed by atoms with Gasteiger partial charge in [-0.15, -0.1) is 24.0 Å². The van der Waals surface area contributed by atoms with E-state index < -0.39 is 6.10 Å². The number of aliphatic hydroxyl groups is 1. The van der Waals surface area contributed by atoms with Crippen LogP contribution in [-0.2, 0) is 4.74 Å². The van der Waals surface area contributed by atoms with Crippen LogP contribution < -0.4 is 24.8 Å². The first-order valence-corrected chi connectivity index (χ1v) is 10.3. The molecule has 1 atom stereocenters. The van der Waals surface area contributed by atoms with Crippen LogP contribution in [0.25, 0.3) is 0 Å². The number of aliphatic hydroxyl groups excluding tert-OH is 1. The van der Waals surface area contributed by atoms with Crippen molar-refractivity contribution < 1.29 is 24.1 Å². The van der Waals surface area contributed by atoms with Gasteiger partial charge in [0.05, 0.1) is 27.4 Å². The highest BCUT2D eigenvalue weighted by molar-refractivity contribution is 14.0. The normalized spacial score (nSPS) is 11.8. The first kappa shape index (κ1) is 27.8. The maximum atomic E-state index is 10.7. The molecule has 0 aliphatic heterocycles. The molecule has 1 unspecified atom stereocenters. The van der Waals surface area contributed by atoms with Gasteiger partial charge < -0.3 is 34.7 Å². The summed E-state index contributed by atoms with van der Waals surface area (Å²) in [6.45, 7) is 4.05. The summed E-state index contributed by atoms with van der Waals surface area (Å²) in [5.74, 6) is 2.55. The van der Waals surface area contributed by atoms with E-state index in [1.807, 2.05) is 31.2 Å². The molecule has 8 nitrogen and oxygen atoms in total. The zero-order valence-electron chi connectivity index (χ0n) is 19.1. The quantitative estimate of drug-likeness (QED) is 0.158. The van der Waals surface area contributed by atoms with E-state index in [0.29, 0.717) is 42.8 Å². The number of rotatable bonds is 12. The van der Waals surface area contributed by atoms with Crippen LogP contribution in [-0.4, -0.2) is 58.7 Å². The van der Waals surface area contributed by atoms with E-state index in [-0.39, 0.29) is 30.5 Å². The first-order chi connectivity index (χ1) is 15.1. The molecule has 0 spiro atoms. The molecule has 3 N–H and O–H groups in total. The number of hydrogen-bond donors (Lipinski definition) is 3. The van der Waals surface area contributed by atoms with Gasteiger partial charge in [-0.25, -0.2) is 4.99 Å². The Morgan fingerprint density at radius 1 is 1.03 bits per heavy atom. The second kappa shape index (κ2) is 15.5. The van der Waals surface area contributed by atoms with Gasteiger partial charge in [0, 0.05) is 44.0 Å². The Morgan fingerprint density at radius 3 is 2.53 bits per heavy atom. The van der Waals surface area contributed by atoms with Gasteiger partial charge in [-0.3, -0.25) is 0 Å². The molecule has 0 amide bonds. The molecule has 0 bridgehead atoms. The van der Waals surface area contributed by atoms with Crippen LogP contribution in [0.1, 0.15) is 25.0 Å². The Bertz CT molecular complexity index is 835. The van der Waals surface area contributed by atoms with Crippen LogP contribution in [0.4, 0.5) is 5.69 Å². The standard InChI is InChI=1S/C23H33N3O5.HI/c1-5-24-23(26-17-8-6-9-19(14-17)31-13-7-12-28-2)25-16-21(27)20-15-18(29-3)10-11-22(20)30-4;/h6,8-11,14-15,21,27H,5,7,12-13,16H2,1-4H3,(H2,24,25,26);1H. The molecule has 0 aliphatic rings. The SMILES string of the molecule is CCNC(=NCC(O)c1cc(OC)ccc1OC)Nc1cccc(OCCCOC)c1.I. The molecule has 0 aliphatic carbocycles. The molecule has 0 radical (unpaired) electrons. The van der Waals surface area contributed by atoms with Gasteiger partial charge in [0.2, 0.25) is 0 Å². The maximum absolute atomic E-state index is 10.7. The molecule has 0 fully saturated rings. The van der Waals surface area contributed by atoms with Crippen LogP contribution in [0.3, 0.4) is 0 Å². The van der Waals surface area contributed by atoms with Crippen LogP contribution >= 0.6 is 24.0 Å². The minimum atomic E-state index is -0.851. The lowest BCUT2D eigenvalue weighted by atomic mass is 10.1. The predicted molar refractivity (Wildman–Crippen MR) is 138 cm³/mol. The minimum absolute atomic E-state index is 0. The second-order valence-electron chi connectivity index (χ2n) is 6.69. The number of nitrogens with zero attached hydrogens (tertiary/aromatic N) is 1. The molecule has 9 heteroatoms. The number of benzene rings is 2. The van der Waals surface area contributed by atoms with Crippen molar-refractivity contribution in [2.24, 2.45) is 4.99 Å². The van der Waals surface area contributed by atoms with E-state index in [9.17, 15) is 5.11 Å². The Balaban J connectivity index is 0.00000512. The number of ether oxygens (including phenoxy) is 4. The average Bonchev–Trinajstić information content (AvgIpc) is 2.80. The molecule has 2 aromatic carbocycles. The van der Waals surface area contributed by atoms with E-state index in [2.05, 4.69) is 15.6 Å². The lowest BCUT2D eigenvalue weighted by Crippen LogP contribution is -2.31. The van der Waals surface area contributed by atoms with Crippen LogP contribution in [0.2, 0.25) is 0 Å². The molecule has 2 aromatic rings. The third-order valence-electron chi connectivity index (χ3n) is 4.42. The highest BCUT2D eigenvalue weighted by atomic mass is 127. The number of anilines is 1. The van der Waals surface area contributed by atoms with Crippen molar-refractivity contribution in [2.75, 3.05) is 52.9 Å². The van der Waals surface area contributed by atoms with Crippen molar-refractivity contribution >= 4 is 35.6 Å². The number of guanidine groups is 1. The van der Waals surface area contributed by atoms with E-state index in [1.54, 1.807) is 39.5 Å². The summed E-state index contributed by atoms with van der Waals surface area (Å²) in [5.41, 5.74) is 1.45. The molecule has 178 valence electrons. The second-order valence-corrected chi connectivity index (χ2v) is 6.69. The monoisotopic (exact) mass is 559 g/mol. The lowest BCUT2D eigenvalue weighted by molar-refractivity contribution is 0.172. The molecular formula is C23H34IN3O5. The maximum Gasteiger partial charge on any atom is 0.195 e. The van der Waals surface area contributed by atoms with Crippen LogP contribution in [0.5, 0.6) is 17.2 Å². The van der Waals surface area contributed by atoms with E-state index in [4.69, 9.17) is 18.9 Å². The minimum Gasteiger partial charge on any atom is -0.497 e. The van der Waals surface area contributed by atoms with E-state index >= 15 is 0 Å². The third-order valence-corrected chi connectivity index (χ3v) is 4.42. The van der Waals surface area contributed by atoms with Gasteiger partial charge in [0.25, 0.3) is 0 Å². The van der Waals surface area contributed by atoms with E-state index in [0.717, 1.165) is 17.9 Å². The highest BCUT2D eigenvalue weighted by Gasteiger charge is 2.15.